The summed E-state index contributed by atoms with van der Waals surface area (Å²) in [6.45, 7) is 0. The molecule has 0 spiro atoms. The van der Waals surface area contributed by atoms with E-state index in [2.05, 4.69) is 10.3 Å². The number of amides is 1. The SMILES string of the molecule is CNC(=O)c1ccc2ccc(Cl)cc2n1. The molecule has 2 aromatic rings. The number of fused-ring (bicyclic) bond motifs is 1. The van der Waals surface area contributed by atoms with Gasteiger partial charge in [-0.3, -0.25) is 4.79 Å². The van der Waals surface area contributed by atoms with Crippen LogP contribution in [0.1, 0.15) is 10.5 Å². The number of hydrogen-bond donors (Lipinski definition) is 1. The Morgan fingerprint density at radius 1 is 1.33 bits per heavy atom. The first-order valence-corrected chi connectivity index (χ1v) is 4.87. The van der Waals surface area contributed by atoms with Gasteiger partial charge in [-0.15, -0.1) is 0 Å². The molecule has 1 amide bonds. The van der Waals surface area contributed by atoms with E-state index in [0.717, 1.165) is 10.9 Å². The second kappa shape index (κ2) is 3.87. The van der Waals surface area contributed by atoms with E-state index in [4.69, 9.17) is 11.6 Å². The lowest BCUT2D eigenvalue weighted by atomic mass is 10.2. The molecule has 0 radical (unpaired) electrons. The average molecular weight is 221 g/mol. The van der Waals surface area contributed by atoms with E-state index in [0.29, 0.717) is 10.7 Å². The average Bonchev–Trinajstić information content (AvgIpc) is 2.27. The quantitative estimate of drug-likeness (QED) is 0.801. The molecule has 15 heavy (non-hydrogen) atoms. The topological polar surface area (TPSA) is 42.0 Å². The monoisotopic (exact) mass is 220 g/mol. The third-order valence-electron chi connectivity index (χ3n) is 2.11. The molecule has 0 bridgehead atoms. The van der Waals surface area contributed by atoms with Crippen LogP contribution in [-0.4, -0.2) is 17.9 Å². The predicted octanol–water partition coefficient (Wildman–Crippen LogP) is 2.25. The number of carbonyl (C=O) groups is 1. The van der Waals surface area contributed by atoms with Crippen molar-refractivity contribution in [2.75, 3.05) is 7.05 Å². The van der Waals surface area contributed by atoms with Crippen molar-refractivity contribution in [3.63, 3.8) is 0 Å². The molecule has 0 atom stereocenters. The van der Waals surface area contributed by atoms with Gasteiger partial charge in [0, 0.05) is 17.5 Å². The molecular formula is C11H9ClN2O. The summed E-state index contributed by atoms with van der Waals surface area (Å²) in [7, 11) is 1.58. The van der Waals surface area contributed by atoms with Crippen molar-refractivity contribution in [3.8, 4) is 0 Å². The van der Waals surface area contributed by atoms with E-state index in [1.807, 2.05) is 12.1 Å². The van der Waals surface area contributed by atoms with Crippen LogP contribution >= 0.6 is 11.6 Å². The molecule has 0 unspecified atom stereocenters. The molecule has 2 rings (SSSR count). The van der Waals surface area contributed by atoms with E-state index < -0.39 is 0 Å². The van der Waals surface area contributed by atoms with Crippen LogP contribution < -0.4 is 5.32 Å². The molecule has 76 valence electrons. The first-order chi connectivity index (χ1) is 7.20. The largest absolute Gasteiger partial charge is 0.354 e. The Labute approximate surface area is 92.1 Å². The number of nitrogens with zero attached hydrogens (tertiary/aromatic N) is 1. The molecule has 0 aliphatic rings. The number of nitrogens with one attached hydrogen (secondary N) is 1. The van der Waals surface area contributed by atoms with Crippen molar-refractivity contribution in [2.45, 2.75) is 0 Å². The van der Waals surface area contributed by atoms with E-state index in [1.165, 1.54) is 0 Å². The Bertz CT molecular complexity index is 525. The van der Waals surface area contributed by atoms with Crippen LogP contribution in [0.2, 0.25) is 5.02 Å². The van der Waals surface area contributed by atoms with Gasteiger partial charge >= 0.3 is 0 Å². The number of pyridine rings is 1. The zero-order valence-electron chi connectivity index (χ0n) is 8.12. The Hall–Kier alpha value is -1.61. The summed E-state index contributed by atoms with van der Waals surface area (Å²) in [6, 6.07) is 8.95. The fourth-order valence-corrected chi connectivity index (χ4v) is 1.51. The molecule has 1 heterocycles. The van der Waals surface area contributed by atoms with Gasteiger partial charge < -0.3 is 5.32 Å². The summed E-state index contributed by atoms with van der Waals surface area (Å²) >= 11 is 5.84. The Morgan fingerprint density at radius 2 is 2.07 bits per heavy atom. The van der Waals surface area contributed by atoms with Crippen LogP contribution in [0.3, 0.4) is 0 Å². The summed E-state index contributed by atoms with van der Waals surface area (Å²) in [4.78, 5) is 15.5. The zero-order valence-corrected chi connectivity index (χ0v) is 8.88. The number of carbonyl (C=O) groups excluding carboxylic acids is 1. The van der Waals surface area contributed by atoms with Crippen molar-refractivity contribution >= 4 is 28.4 Å². The lowest BCUT2D eigenvalue weighted by molar-refractivity contribution is 0.0958. The standard InChI is InChI=1S/C11H9ClN2O/c1-13-11(15)9-5-3-7-2-4-8(12)6-10(7)14-9/h2-6H,1H3,(H,13,15). The van der Waals surface area contributed by atoms with Gasteiger partial charge in [-0.2, -0.15) is 0 Å². The molecule has 0 fully saturated rings. The minimum Gasteiger partial charge on any atom is -0.354 e. The summed E-state index contributed by atoms with van der Waals surface area (Å²) in [6.07, 6.45) is 0. The van der Waals surface area contributed by atoms with Crippen LogP contribution in [0, 0.1) is 0 Å². The number of halogens is 1. The van der Waals surface area contributed by atoms with E-state index in [1.54, 1.807) is 25.2 Å². The third-order valence-corrected chi connectivity index (χ3v) is 2.35. The van der Waals surface area contributed by atoms with Crippen molar-refractivity contribution in [1.82, 2.24) is 10.3 Å². The first kappa shape index (κ1) is 9.93. The highest BCUT2D eigenvalue weighted by atomic mass is 35.5. The van der Waals surface area contributed by atoms with Crippen molar-refractivity contribution < 1.29 is 4.79 Å². The predicted molar refractivity (Wildman–Crippen MR) is 60.1 cm³/mol. The first-order valence-electron chi connectivity index (χ1n) is 4.49. The fourth-order valence-electron chi connectivity index (χ4n) is 1.34. The molecule has 0 saturated heterocycles. The Balaban J connectivity index is 2.59. The van der Waals surface area contributed by atoms with Crippen LogP contribution in [0.5, 0.6) is 0 Å². The Kier molecular flexibility index (Phi) is 2.56. The smallest absolute Gasteiger partial charge is 0.269 e. The number of rotatable bonds is 1. The van der Waals surface area contributed by atoms with Crippen LogP contribution in [0.25, 0.3) is 10.9 Å². The van der Waals surface area contributed by atoms with E-state index in [-0.39, 0.29) is 5.91 Å². The van der Waals surface area contributed by atoms with Gasteiger partial charge in [0.25, 0.3) is 5.91 Å². The van der Waals surface area contributed by atoms with E-state index >= 15 is 0 Å². The maximum absolute atomic E-state index is 11.3. The van der Waals surface area contributed by atoms with Gasteiger partial charge in [-0.25, -0.2) is 4.98 Å². The molecule has 0 aliphatic carbocycles. The zero-order chi connectivity index (χ0) is 10.8. The van der Waals surface area contributed by atoms with Gasteiger partial charge in [0.15, 0.2) is 0 Å². The third kappa shape index (κ3) is 1.92. The van der Waals surface area contributed by atoms with Crippen LogP contribution in [0.15, 0.2) is 30.3 Å². The summed E-state index contributed by atoms with van der Waals surface area (Å²) in [5.74, 6) is -0.197. The van der Waals surface area contributed by atoms with Gasteiger partial charge in [0.2, 0.25) is 0 Å². The van der Waals surface area contributed by atoms with Crippen molar-refractivity contribution in [1.29, 1.82) is 0 Å². The van der Waals surface area contributed by atoms with Crippen LogP contribution in [0.4, 0.5) is 0 Å². The number of hydrogen-bond acceptors (Lipinski definition) is 2. The molecule has 1 aromatic heterocycles. The maximum Gasteiger partial charge on any atom is 0.269 e. The van der Waals surface area contributed by atoms with Gasteiger partial charge in [0.1, 0.15) is 5.69 Å². The molecule has 4 heteroatoms. The lowest BCUT2D eigenvalue weighted by Gasteiger charge is -2.01. The molecular weight excluding hydrogens is 212 g/mol. The highest BCUT2D eigenvalue weighted by Crippen LogP contribution is 2.17. The molecule has 0 saturated carbocycles. The summed E-state index contributed by atoms with van der Waals surface area (Å²) in [5, 5.41) is 4.11. The molecule has 1 aromatic carbocycles. The Morgan fingerprint density at radius 3 is 2.80 bits per heavy atom. The maximum atomic E-state index is 11.3. The normalized spacial score (nSPS) is 10.3. The minimum atomic E-state index is -0.197. The second-order valence-electron chi connectivity index (χ2n) is 3.11. The summed E-state index contributed by atoms with van der Waals surface area (Å²) < 4.78 is 0. The molecule has 0 aliphatic heterocycles. The van der Waals surface area contributed by atoms with Gasteiger partial charge in [-0.05, 0) is 18.2 Å². The number of aromatic nitrogens is 1. The van der Waals surface area contributed by atoms with Crippen molar-refractivity contribution in [2.24, 2.45) is 0 Å². The minimum absolute atomic E-state index is 0.197. The second-order valence-corrected chi connectivity index (χ2v) is 3.55. The van der Waals surface area contributed by atoms with Crippen molar-refractivity contribution in [3.05, 3.63) is 41.0 Å². The highest BCUT2D eigenvalue weighted by Gasteiger charge is 2.05. The van der Waals surface area contributed by atoms with Crippen LogP contribution in [-0.2, 0) is 0 Å². The van der Waals surface area contributed by atoms with Gasteiger partial charge in [0.05, 0.1) is 5.52 Å². The number of benzene rings is 1. The molecule has 1 N–H and O–H groups in total. The van der Waals surface area contributed by atoms with Gasteiger partial charge in [-0.1, -0.05) is 23.7 Å². The highest BCUT2D eigenvalue weighted by molar-refractivity contribution is 6.31. The van der Waals surface area contributed by atoms with E-state index in [9.17, 15) is 4.79 Å². The summed E-state index contributed by atoms with van der Waals surface area (Å²) in [5.41, 5.74) is 1.12. The molecule has 3 nitrogen and oxygen atoms in total. The lowest BCUT2D eigenvalue weighted by Crippen LogP contribution is -2.18. The fraction of sp³-hybridized carbons (Fsp3) is 0.0909.